The molecule has 0 saturated heterocycles. The van der Waals surface area contributed by atoms with Crippen molar-refractivity contribution >= 4 is 5.82 Å². The van der Waals surface area contributed by atoms with Gasteiger partial charge in [-0.05, 0) is 56.9 Å². The van der Waals surface area contributed by atoms with E-state index in [1.807, 2.05) is 7.05 Å². The van der Waals surface area contributed by atoms with Gasteiger partial charge in [-0.15, -0.1) is 10.2 Å². The highest BCUT2D eigenvalue weighted by atomic mass is 15.2. The summed E-state index contributed by atoms with van der Waals surface area (Å²) in [5.74, 6) is 0.851. The second kappa shape index (κ2) is 5.00. The lowest BCUT2D eigenvalue weighted by Gasteiger charge is -2.15. The molecule has 3 heteroatoms. The van der Waals surface area contributed by atoms with Gasteiger partial charge >= 0.3 is 0 Å². The first-order valence-corrected chi connectivity index (χ1v) is 6.55. The minimum atomic E-state index is 0.851. The highest BCUT2D eigenvalue weighted by molar-refractivity contribution is 5.72. The predicted octanol–water partition coefficient (Wildman–Crippen LogP) is 3.73. The zero-order chi connectivity index (χ0) is 14.2. The van der Waals surface area contributed by atoms with Crippen LogP contribution in [-0.4, -0.2) is 17.2 Å². The number of hydrogen-bond donors (Lipinski definition) is 1. The van der Waals surface area contributed by atoms with Crippen molar-refractivity contribution in [3.8, 4) is 11.3 Å². The first-order valence-electron chi connectivity index (χ1n) is 6.55. The third kappa shape index (κ3) is 2.33. The molecule has 1 N–H and O–H groups in total. The van der Waals surface area contributed by atoms with Crippen LogP contribution in [0.4, 0.5) is 5.82 Å². The molecule has 2 aromatic rings. The number of nitrogens with zero attached hydrogens (tertiary/aromatic N) is 2. The van der Waals surface area contributed by atoms with E-state index in [9.17, 15) is 0 Å². The van der Waals surface area contributed by atoms with Crippen molar-refractivity contribution < 1.29 is 0 Å². The molecule has 0 bridgehead atoms. The third-order valence-corrected chi connectivity index (χ3v) is 3.67. The second-order valence-corrected chi connectivity index (χ2v) is 5.17. The number of aryl methyl sites for hydroxylation is 3. The van der Waals surface area contributed by atoms with E-state index in [4.69, 9.17) is 0 Å². The molecule has 1 heterocycles. The van der Waals surface area contributed by atoms with E-state index in [0.717, 1.165) is 17.1 Å². The van der Waals surface area contributed by atoms with Crippen LogP contribution in [0.3, 0.4) is 0 Å². The number of nitrogens with one attached hydrogen (secondary N) is 1. The minimum Gasteiger partial charge on any atom is -0.371 e. The fraction of sp³-hybridized carbons (Fsp3) is 0.375. The van der Waals surface area contributed by atoms with Gasteiger partial charge in [0.25, 0.3) is 0 Å². The normalized spacial score (nSPS) is 10.6. The Morgan fingerprint density at radius 3 is 1.95 bits per heavy atom. The average Bonchev–Trinajstić information content (AvgIpc) is 2.33. The Hall–Kier alpha value is -1.90. The average molecular weight is 255 g/mol. The summed E-state index contributed by atoms with van der Waals surface area (Å²) in [6, 6.07) is 4.40. The summed E-state index contributed by atoms with van der Waals surface area (Å²) < 4.78 is 0. The first kappa shape index (κ1) is 13.5. The van der Waals surface area contributed by atoms with Crippen LogP contribution >= 0.6 is 0 Å². The molecule has 1 aromatic carbocycles. The standard InChI is InChI=1S/C16H21N3/c1-9-7-10(2)14(11(3)8-9)15-12(4)13(5)16(17-6)19-18-15/h7-8H,1-6H3,(H,17,19). The molecule has 0 atom stereocenters. The van der Waals surface area contributed by atoms with Gasteiger partial charge < -0.3 is 5.32 Å². The van der Waals surface area contributed by atoms with Crippen LogP contribution in [0, 0.1) is 34.6 Å². The lowest BCUT2D eigenvalue weighted by Crippen LogP contribution is -2.04. The van der Waals surface area contributed by atoms with Crippen LogP contribution in [0.1, 0.15) is 27.8 Å². The van der Waals surface area contributed by atoms with E-state index >= 15 is 0 Å². The Morgan fingerprint density at radius 2 is 1.42 bits per heavy atom. The minimum absolute atomic E-state index is 0.851. The van der Waals surface area contributed by atoms with Crippen LogP contribution in [-0.2, 0) is 0 Å². The van der Waals surface area contributed by atoms with E-state index < -0.39 is 0 Å². The van der Waals surface area contributed by atoms with Gasteiger partial charge in [-0.1, -0.05) is 17.7 Å². The first-order chi connectivity index (χ1) is 8.95. The highest BCUT2D eigenvalue weighted by Crippen LogP contribution is 2.31. The molecule has 100 valence electrons. The number of aromatic nitrogens is 2. The van der Waals surface area contributed by atoms with Crippen LogP contribution in [0.5, 0.6) is 0 Å². The summed E-state index contributed by atoms with van der Waals surface area (Å²) in [5.41, 5.74) is 8.35. The maximum absolute atomic E-state index is 4.42. The van der Waals surface area contributed by atoms with Gasteiger partial charge in [0, 0.05) is 12.6 Å². The molecule has 0 aliphatic heterocycles. The van der Waals surface area contributed by atoms with Crippen molar-refractivity contribution in [2.75, 3.05) is 12.4 Å². The van der Waals surface area contributed by atoms with Crippen molar-refractivity contribution in [3.63, 3.8) is 0 Å². The van der Waals surface area contributed by atoms with Crippen LogP contribution < -0.4 is 5.32 Å². The zero-order valence-electron chi connectivity index (χ0n) is 12.5. The maximum atomic E-state index is 4.42. The lowest BCUT2D eigenvalue weighted by atomic mass is 9.94. The molecule has 0 aliphatic rings. The summed E-state index contributed by atoms with van der Waals surface area (Å²) in [5, 5.41) is 11.8. The Balaban J connectivity index is 2.70. The number of benzene rings is 1. The third-order valence-electron chi connectivity index (χ3n) is 3.67. The molecule has 19 heavy (non-hydrogen) atoms. The molecule has 0 saturated carbocycles. The second-order valence-electron chi connectivity index (χ2n) is 5.17. The monoisotopic (exact) mass is 255 g/mol. The molecular weight excluding hydrogens is 234 g/mol. The summed E-state index contributed by atoms with van der Waals surface area (Å²) in [4.78, 5) is 0. The summed E-state index contributed by atoms with van der Waals surface area (Å²) in [7, 11) is 1.87. The number of rotatable bonds is 2. The van der Waals surface area contributed by atoms with Crippen molar-refractivity contribution in [3.05, 3.63) is 39.9 Å². The van der Waals surface area contributed by atoms with E-state index in [0.29, 0.717) is 0 Å². The fourth-order valence-electron chi connectivity index (χ4n) is 2.63. The molecule has 2 rings (SSSR count). The van der Waals surface area contributed by atoms with E-state index in [2.05, 4.69) is 62.3 Å². The Bertz CT molecular complexity index is 607. The highest BCUT2D eigenvalue weighted by Gasteiger charge is 2.14. The quantitative estimate of drug-likeness (QED) is 0.888. The molecule has 3 nitrogen and oxygen atoms in total. The predicted molar refractivity (Wildman–Crippen MR) is 80.7 cm³/mol. The summed E-state index contributed by atoms with van der Waals surface area (Å²) in [6.07, 6.45) is 0. The molecule has 0 fully saturated rings. The Labute approximate surface area is 115 Å². The number of anilines is 1. The molecule has 1 aromatic heterocycles. The lowest BCUT2D eigenvalue weighted by molar-refractivity contribution is 1.000. The Kier molecular flexibility index (Phi) is 3.56. The van der Waals surface area contributed by atoms with Crippen LogP contribution in [0.2, 0.25) is 0 Å². The SMILES string of the molecule is CNc1nnc(-c2c(C)cc(C)cc2C)c(C)c1C. The van der Waals surface area contributed by atoms with Gasteiger partial charge in [0.15, 0.2) is 5.82 Å². The summed E-state index contributed by atoms with van der Waals surface area (Å²) >= 11 is 0. The van der Waals surface area contributed by atoms with Gasteiger partial charge in [-0.2, -0.15) is 0 Å². The van der Waals surface area contributed by atoms with Crippen LogP contribution in [0.25, 0.3) is 11.3 Å². The van der Waals surface area contributed by atoms with Crippen molar-refractivity contribution in [1.82, 2.24) is 10.2 Å². The zero-order valence-corrected chi connectivity index (χ0v) is 12.5. The molecule has 0 spiro atoms. The fourth-order valence-corrected chi connectivity index (χ4v) is 2.63. The van der Waals surface area contributed by atoms with Gasteiger partial charge in [-0.3, -0.25) is 0 Å². The van der Waals surface area contributed by atoms with E-state index in [1.165, 1.54) is 27.8 Å². The molecular formula is C16H21N3. The van der Waals surface area contributed by atoms with E-state index in [1.54, 1.807) is 0 Å². The summed E-state index contributed by atoms with van der Waals surface area (Å²) in [6.45, 7) is 10.6. The van der Waals surface area contributed by atoms with Crippen molar-refractivity contribution in [2.24, 2.45) is 0 Å². The maximum Gasteiger partial charge on any atom is 0.151 e. The molecule has 0 radical (unpaired) electrons. The van der Waals surface area contributed by atoms with Gasteiger partial charge in [0.05, 0.1) is 5.69 Å². The van der Waals surface area contributed by atoms with Gasteiger partial charge in [-0.25, -0.2) is 0 Å². The van der Waals surface area contributed by atoms with Crippen molar-refractivity contribution in [2.45, 2.75) is 34.6 Å². The van der Waals surface area contributed by atoms with E-state index in [-0.39, 0.29) is 0 Å². The van der Waals surface area contributed by atoms with Gasteiger partial charge in [0.1, 0.15) is 0 Å². The topological polar surface area (TPSA) is 37.8 Å². The molecule has 0 amide bonds. The van der Waals surface area contributed by atoms with Crippen LogP contribution in [0.15, 0.2) is 12.1 Å². The largest absolute Gasteiger partial charge is 0.371 e. The van der Waals surface area contributed by atoms with Crippen molar-refractivity contribution in [1.29, 1.82) is 0 Å². The smallest absolute Gasteiger partial charge is 0.151 e. The molecule has 0 aliphatic carbocycles. The van der Waals surface area contributed by atoms with Gasteiger partial charge in [0.2, 0.25) is 0 Å². The molecule has 0 unspecified atom stereocenters. The Morgan fingerprint density at radius 1 is 0.842 bits per heavy atom. The number of hydrogen-bond acceptors (Lipinski definition) is 3.